The fourth-order valence-corrected chi connectivity index (χ4v) is 3.39. The highest BCUT2D eigenvalue weighted by molar-refractivity contribution is 6.36. The van der Waals surface area contributed by atoms with Crippen LogP contribution < -0.4 is 5.32 Å². The lowest BCUT2D eigenvalue weighted by molar-refractivity contribution is 0.151. The Hall–Kier alpha value is -1.57. The smallest absolute Gasteiger partial charge is 0.104 e. The minimum atomic E-state index is -0.248. The van der Waals surface area contributed by atoms with E-state index in [1.807, 2.05) is 30.3 Å². The highest BCUT2D eigenvalue weighted by atomic mass is 35.5. The minimum Gasteiger partial charge on any atom is -0.395 e. The summed E-state index contributed by atoms with van der Waals surface area (Å²) in [7, 11) is 0. The molecule has 0 bridgehead atoms. The van der Waals surface area contributed by atoms with Gasteiger partial charge in [-0.05, 0) is 23.3 Å². The molecule has 0 saturated carbocycles. The van der Waals surface area contributed by atoms with Crippen LogP contribution in [-0.2, 0) is 0 Å². The molecule has 1 heterocycles. The van der Waals surface area contributed by atoms with Gasteiger partial charge in [-0.25, -0.2) is 0 Å². The fourth-order valence-electron chi connectivity index (χ4n) is 2.87. The minimum absolute atomic E-state index is 0.0183. The van der Waals surface area contributed by atoms with Gasteiger partial charge in [-0.1, -0.05) is 53.5 Å². The molecule has 5 heteroatoms. The Morgan fingerprint density at radius 3 is 2.45 bits per heavy atom. The first-order valence-electron chi connectivity index (χ1n) is 6.96. The van der Waals surface area contributed by atoms with Crippen molar-refractivity contribution in [3.05, 3.63) is 58.1 Å². The standard InChI is InChI=1S/C17H14Cl2N2O/c18-12-5-6-13(14(19)7-12)10-1-3-11(4-2-10)17-15(8-20)21-16(17)9-22/h1-7,15-17,21-22H,9H2/t15-,16-,17-/m0/s1. The van der Waals surface area contributed by atoms with Crippen molar-refractivity contribution in [1.82, 2.24) is 5.32 Å². The number of nitrogens with one attached hydrogen (secondary N) is 1. The maximum Gasteiger partial charge on any atom is 0.104 e. The lowest BCUT2D eigenvalue weighted by Gasteiger charge is -2.41. The van der Waals surface area contributed by atoms with Crippen LogP contribution in [-0.4, -0.2) is 23.8 Å². The molecule has 1 aliphatic heterocycles. The highest BCUT2D eigenvalue weighted by Gasteiger charge is 2.41. The van der Waals surface area contributed by atoms with Gasteiger partial charge < -0.3 is 5.11 Å². The van der Waals surface area contributed by atoms with Crippen molar-refractivity contribution >= 4 is 23.2 Å². The zero-order chi connectivity index (χ0) is 15.7. The van der Waals surface area contributed by atoms with Crippen LogP contribution in [0.5, 0.6) is 0 Å². The first-order valence-corrected chi connectivity index (χ1v) is 7.71. The summed E-state index contributed by atoms with van der Waals surface area (Å²) in [5.41, 5.74) is 2.95. The third-order valence-corrected chi connectivity index (χ3v) is 4.61. The zero-order valence-corrected chi connectivity index (χ0v) is 13.1. The number of benzene rings is 2. The van der Waals surface area contributed by atoms with Crippen LogP contribution in [0.15, 0.2) is 42.5 Å². The van der Waals surface area contributed by atoms with Crippen LogP contribution in [0.4, 0.5) is 0 Å². The zero-order valence-electron chi connectivity index (χ0n) is 11.6. The molecule has 0 aliphatic carbocycles. The van der Waals surface area contributed by atoms with Crippen LogP contribution in [0.25, 0.3) is 11.1 Å². The molecule has 1 saturated heterocycles. The second kappa shape index (κ2) is 6.28. The van der Waals surface area contributed by atoms with E-state index in [9.17, 15) is 5.11 Å². The molecule has 3 nitrogen and oxygen atoms in total. The second-order valence-corrected chi connectivity index (χ2v) is 6.18. The van der Waals surface area contributed by atoms with Gasteiger partial charge in [0.05, 0.1) is 12.7 Å². The lowest BCUT2D eigenvalue weighted by atomic mass is 9.78. The van der Waals surface area contributed by atoms with Crippen LogP contribution >= 0.6 is 23.2 Å². The van der Waals surface area contributed by atoms with Crippen molar-refractivity contribution < 1.29 is 5.11 Å². The number of aliphatic hydroxyl groups excluding tert-OH is 1. The Balaban J connectivity index is 1.88. The van der Waals surface area contributed by atoms with E-state index in [1.54, 1.807) is 12.1 Å². The Kier molecular flexibility index (Phi) is 4.37. The average Bonchev–Trinajstić information content (AvgIpc) is 2.48. The summed E-state index contributed by atoms with van der Waals surface area (Å²) in [6, 6.07) is 15.2. The Morgan fingerprint density at radius 2 is 1.86 bits per heavy atom. The van der Waals surface area contributed by atoms with Gasteiger partial charge in [0.1, 0.15) is 6.04 Å². The molecule has 1 fully saturated rings. The predicted molar refractivity (Wildman–Crippen MR) is 88.0 cm³/mol. The van der Waals surface area contributed by atoms with Gasteiger partial charge in [-0.2, -0.15) is 5.26 Å². The van der Waals surface area contributed by atoms with Crippen molar-refractivity contribution in [3.63, 3.8) is 0 Å². The summed E-state index contributed by atoms with van der Waals surface area (Å²) in [5.74, 6) is 0.0183. The number of nitriles is 1. The monoisotopic (exact) mass is 332 g/mol. The number of rotatable bonds is 3. The third kappa shape index (κ3) is 2.71. The second-order valence-electron chi connectivity index (χ2n) is 5.33. The number of nitrogens with zero attached hydrogens (tertiary/aromatic N) is 1. The summed E-state index contributed by atoms with van der Waals surface area (Å²) >= 11 is 12.1. The molecule has 3 atom stereocenters. The van der Waals surface area contributed by atoms with E-state index in [1.165, 1.54) is 0 Å². The van der Waals surface area contributed by atoms with Crippen LogP contribution in [0.2, 0.25) is 10.0 Å². The van der Waals surface area contributed by atoms with Crippen molar-refractivity contribution in [2.24, 2.45) is 0 Å². The Bertz CT molecular complexity index is 724. The van der Waals surface area contributed by atoms with Gasteiger partial charge in [0.15, 0.2) is 0 Å². The maximum atomic E-state index is 9.32. The van der Waals surface area contributed by atoms with Crippen molar-refractivity contribution in [3.8, 4) is 17.2 Å². The highest BCUT2D eigenvalue weighted by Crippen LogP contribution is 2.35. The molecule has 2 N–H and O–H groups in total. The number of aliphatic hydroxyl groups is 1. The van der Waals surface area contributed by atoms with Gasteiger partial charge in [0.2, 0.25) is 0 Å². The van der Waals surface area contributed by atoms with E-state index in [0.29, 0.717) is 10.0 Å². The molecule has 3 rings (SSSR count). The largest absolute Gasteiger partial charge is 0.395 e. The third-order valence-electron chi connectivity index (χ3n) is 4.06. The summed E-state index contributed by atoms with van der Waals surface area (Å²) in [4.78, 5) is 0. The van der Waals surface area contributed by atoms with Crippen molar-refractivity contribution in [2.75, 3.05) is 6.61 Å². The molecule has 0 aromatic heterocycles. The predicted octanol–water partition coefficient (Wildman–Crippen LogP) is 3.60. The van der Waals surface area contributed by atoms with E-state index >= 15 is 0 Å². The molecule has 0 unspecified atom stereocenters. The molecule has 22 heavy (non-hydrogen) atoms. The molecule has 0 radical (unpaired) electrons. The number of halogens is 2. The molecule has 1 aliphatic rings. The summed E-state index contributed by atoms with van der Waals surface area (Å²) < 4.78 is 0. The van der Waals surface area contributed by atoms with E-state index in [2.05, 4.69) is 11.4 Å². The van der Waals surface area contributed by atoms with Gasteiger partial charge in [0.25, 0.3) is 0 Å². The first-order chi connectivity index (χ1) is 10.6. The molecule has 112 valence electrons. The summed E-state index contributed by atoms with van der Waals surface area (Å²) in [6.45, 7) is 0.0214. The summed E-state index contributed by atoms with van der Waals surface area (Å²) in [5, 5.41) is 22.7. The van der Waals surface area contributed by atoms with E-state index in [0.717, 1.165) is 16.7 Å². The Morgan fingerprint density at radius 1 is 1.14 bits per heavy atom. The lowest BCUT2D eigenvalue weighted by Crippen LogP contribution is -2.60. The van der Waals surface area contributed by atoms with Crippen LogP contribution in [0.1, 0.15) is 11.5 Å². The van der Waals surface area contributed by atoms with Gasteiger partial charge in [-0.3, -0.25) is 5.32 Å². The Labute approximate surface area is 139 Å². The molecule has 2 aromatic rings. The van der Waals surface area contributed by atoms with Crippen LogP contribution in [0.3, 0.4) is 0 Å². The molecular formula is C17H14Cl2N2O. The molecular weight excluding hydrogens is 319 g/mol. The van der Waals surface area contributed by atoms with Gasteiger partial charge >= 0.3 is 0 Å². The fraction of sp³-hybridized carbons (Fsp3) is 0.235. The number of hydrogen-bond donors (Lipinski definition) is 2. The topological polar surface area (TPSA) is 56.0 Å². The molecule has 0 amide bonds. The SMILES string of the molecule is N#C[C@@H]1N[C@@H](CO)[C@H]1c1ccc(-c2ccc(Cl)cc2Cl)cc1. The van der Waals surface area contributed by atoms with E-state index < -0.39 is 0 Å². The van der Waals surface area contributed by atoms with Crippen LogP contribution in [0, 0.1) is 11.3 Å². The van der Waals surface area contributed by atoms with E-state index in [4.69, 9.17) is 28.5 Å². The van der Waals surface area contributed by atoms with Gasteiger partial charge in [0, 0.05) is 27.6 Å². The normalized spacial score (nSPS) is 23.6. The quantitative estimate of drug-likeness (QED) is 0.902. The van der Waals surface area contributed by atoms with Crippen molar-refractivity contribution in [2.45, 2.75) is 18.0 Å². The summed E-state index contributed by atoms with van der Waals surface area (Å²) in [6.07, 6.45) is 0. The average molecular weight is 333 g/mol. The first kappa shape index (κ1) is 15.3. The van der Waals surface area contributed by atoms with E-state index in [-0.39, 0.29) is 24.6 Å². The molecule has 0 spiro atoms. The maximum absolute atomic E-state index is 9.32. The molecule has 2 aromatic carbocycles. The van der Waals surface area contributed by atoms with Gasteiger partial charge in [-0.15, -0.1) is 0 Å². The number of hydrogen-bond acceptors (Lipinski definition) is 3. The van der Waals surface area contributed by atoms with Crippen molar-refractivity contribution in [1.29, 1.82) is 5.26 Å².